The number of fused-ring (bicyclic) bond motifs is 1. The molecular formula is C28H31N3. The van der Waals surface area contributed by atoms with Gasteiger partial charge in [0.25, 0.3) is 0 Å². The van der Waals surface area contributed by atoms with Gasteiger partial charge in [-0.3, -0.25) is 9.89 Å². The SMILES string of the molecule is C1=NCc2ccccc2C1(CCCN1CCN(c2ccccc2)CC1)c1ccccc1. The van der Waals surface area contributed by atoms with Crippen LogP contribution in [0.3, 0.4) is 0 Å². The number of para-hydroxylation sites is 1. The Hall–Kier alpha value is -2.91. The Bertz CT molecular complexity index is 1010. The molecule has 1 atom stereocenters. The van der Waals surface area contributed by atoms with Crippen molar-refractivity contribution in [3.8, 4) is 0 Å². The lowest BCUT2D eigenvalue weighted by molar-refractivity contribution is 0.249. The maximum Gasteiger partial charge on any atom is 0.0639 e. The van der Waals surface area contributed by atoms with Gasteiger partial charge in [-0.1, -0.05) is 72.8 Å². The summed E-state index contributed by atoms with van der Waals surface area (Å²) in [7, 11) is 0. The van der Waals surface area contributed by atoms with Crippen molar-refractivity contribution in [1.29, 1.82) is 0 Å². The van der Waals surface area contributed by atoms with E-state index in [1.54, 1.807) is 0 Å². The summed E-state index contributed by atoms with van der Waals surface area (Å²) in [4.78, 5) is 9.95. The van der Waals surface area contributed by atoms with Crippen LogP contribution in [0.25, 0.3) is 0 Å². The molecule has 0 N–H and O–H groups in total. The predicted molar refractivity (Wildman–Crippen MR) is 130 cm³/mol. The highest BCUT2D eigenvalue weighted by Gasteiger charge is 2.36. The van der Waals surface area contributed by atoms with Crippen molar-refractivity contribution in [2.75, 3.05) is 37.6 Å². The van der Waals surface area contributed by atoms with Gasteiger partial charge in [0, 0.05) is 38.1 Å². The molecule has 2 aliphatic heterocycles. The molecule has 0 bridgehead atoms. The van der Waals surface area contributed by atoms with E-state index in [-0.39, 0.29) is 5.41 Å². The molecule has 5 rings (SSSR count). The highest BCUT2D eigenvalue weighted by Crippen LogP contribution is 2.39. The van der Waals surface area contributed by atoms with Gasteiger partial charge in [0.1, 0.15) is 0 Å². The number of anilines is 1. The number of aliphatic imine (C=N–C) groups is 1. The molecule has 0 spiro atoms. The second-order valence-corrected chi connectivity index (χ2v) is 8.73. The monoisotopic (exact) mass is 409 g/mol. The first-order chi connectivity index (χ1) is 15.4. The fourth-order valence-corrected chi connectivity index (χ4v) is 5.22. The molecule has 0 aromatic heterocycles. The normalized spacial score (nSPS) is 21.1. The third-order valence-electron chi connectivity index (χ3n) is 6.90. The molecule has 158 valence electrons. The van der Waals surface area contributed by atoms with Gasteiger partial charge in [0.15, 0.2) is 0 Å². The first-order valence-electron chi connectivity index (χ1n) is 11.5. The summed E-state index contributed by atoms with van der Waals surface area (Å²) in [5.41, 5.74) is 5.40. The van der Waals surface area contributed by atoms with E-state index in [9.17, 15) is 0 Å². The second-order valence-electron chi connectivity index (χ2n) is 8.73. The van der Waals surface area contributed by atoms with Crippen LogP contribution in [-0.2, 0) is 12.0 Å². The van der Waals surface area contributed by atoms with E-state index in [0.717, 1.165) is 45.7 Å². The smallest absolute Gasteiger partial charge is 0.0639 e. The fraction of sp³-hybridized carbons (Fsp3) is 0.321. The van der Waals surface area contributed by atoms with Crippen LogP contribution in [0.15, 0.2) is 89.9 Å². The third kappa shape index (κ3) is 4.15. The highest BCUT2D eigenvalue weighted by molar-refractivity contribution is 5.81. The maximum atomic E-state index is 4.81. The van der Waals surface area contributed by atoms with Crippen molar-refractivity contribution < 1.29 is 0 Å². The first kappa shape index (κ1) is 20.0. The van der Waals surface area contributed by atoms with Crippen molar-refractivity contribution in [1.82, 2.24) is 4.90 Å². The van der Waals surface area contributed by atoms with E-state index in [1.165, 1.54) is 28.8 Å². The Labute approximate surface area is 186 Å². The summed E-state index contributed by atoms with van der Waals surface area (Å²) in [5, 5.41) is 0. The molecule has 3 nitrogen and oxygen atoms in total. The average molecular weight is 410 g/mol. The Kier molecular flexibility index (Phi) is 5.86. The summed E-state index contributed by atoms with van der Waals surface area (Å²) >= 11 is 0. The average Bonchev–Trinajstić information content (AvgIpc) is 2.86. The van der Waals surface area contributed by atoms with E-state index in [1.807, 2.05) is 0 Å². The molecule has 3 heteroatoms. The molecule has 3 aromatic carbocycles. The van der Waals surface area contributed by atoms with E-state index in [4.69, 9.17) is 4.99 Å². The molecular weight excluding hydrogens is 378 g/mol. The van der Waals surface area contributed by atoms with Gasteiger partial charge in [-0.05, 0) is 48.2 Å². The van der Waals surface area contributed by atoms with Crippen molar-refractivity contribution in [3.05, 3.63) is 102 Å². The van der Waals surface area contributed by atoms with Crippen molar-refractivity contribution in [2.24, 2.45) is 4.99 Å². The zero-order chi connectivity index (χ0) is 20.9. The van der Waals surface area contributed by atoms with Gasteiger partial charge in [-0.25, -0.2) is 0 Å². The summed E-state index contributed by atoms with van der Waals surface area (Å²) in [5.74, 6) is 0. The summed E-state index contributed by atoms with van der Waals surface area (Å²) in [6.07, 6.45) is 4.50. The summed E-state index contributed by atoms with van der Waals surface area (Å²) in [6.45, 7) is 6.44. The quantitative estimate of drug-likeness (QED) is 0.560. The number of nitrogens with zero attached hydrogens (tertiary/aromatic N) is 3. The van der Waals surface area contributed by atoms with Gasteiger partial charge >= 0.3 is 0 Å². The van der Waals surface area contributed by atoms with E-state index < -0.39 is 0 Å². The van der Waals surface area contributed by atoms with Crippen molar-refractivity contribution in [2.45, 2.75) is 24.8 Å². The second kappa shape index (κ2) is 9.07. The van der Waals surface area contributed by atoms with Crippen LogP contribution in [0.2, 0.25) is 0 Å². The van der Waals surface area contributed by atoms with Crippen LogP contribution in [0.1, 0.15) is 29.5 Å². The molecule has 3 aromatic rings. The topological polar surface area (TPSA) is 18.8 Å². The Balaban J connectivity index is 1.27. The zero-order valence-electron chi connectivity index (χ0n) is 18.2. The zero-order valence-corrected chi connectivity index (χ0v) is 18.2. The lowest BCUT2D eigenvalue weighted by atomic mass is 9.69. The van der Waals surface area contributed by atoms with E-state index >= 15 is 0 Å². The van der Waals surface area contributed by atoms with Crippen LogP contribution in [0.4, 0.5) is 5.69 Å². The number of hydrogen-bond donors (Lipinski definition) is 0. The number of rotatable bonds is 6. The maximum absolute atomic E-state index is 4.81. The van der Waals surface area contributed by atoms with Gasteiger partial charge in [-0.15, -0.1) is 0 Å². The number of piperazine rings is 1. The summed E-state index contributed by atoms with van der Waals surface area (Å²) in [6, 6.07) is 30.6. The molecule has 2 heterocycles. The molecule has 1 fully saturated rings. The standard InChI is InChI=1S/C28H31N3/c1-3-11-25(12-4-1)28(23-29-22-24-10-7-8-15-27(24)28)16-9-17-30-18-20-31(21-19-30)26-13-5-2-6-14-26/h1-8,10-15,23H,9,16-22H2. The van der Waals surface area contributed by atoms with Crippen molar-refractivity contribution in [3.63, 3.8) is 0 Å². The van der Waals surface area contributed by atoms with Crippen LogP contribution in [0.5, 0.6) is 0 Å². The van der Waals surface area contributed by atoms with E-state index in [0.29, 0.717) is 0 Å². The Morgan fingerprint density at radius 2 is 1.42 bits per heavy atom. The van der Waals surface area contributed by atoms with Crippen LogP contribution >= 0.6 is 0 Å². The Morgan fingerprint density at radius 3 is 2.19 bits per heavy atom. The molecule has 1 unspecified atom stereocenters. The minimum Gasteiger partial charge on any atom is -0.369 e. The number of hydrogen-bond acceptors (Lipinski definition) is 3. The molecule has 2 aliphatic rings. The molecule has 0 amide bonds. The molecule has 31 heavy (non-hydrogen) atoms. The molecule has 0 aliphatic carbocycles. The van der Waals surface area contributed by atoms with Crippen LogP contribution < -0.4 is 4.90 Å². The Morgan fingerprint density at radius 1 is 0.742 bits per heavy atom. The number of benzene rings is 3. The van der Waals surface area contributed by atoms with Crippen molar-refractivity contribution >= 4 is 11.9 Å². The lowest BCUT2D eigenvalue weighted by Crippen LogP contribution is -2.47. The van der Waals surface area contributed by atoms with Crippen LogP contribution in [0, 0.1) is 0 Å². The minimum absolute atomic E-state index is 0.109. The van der Waals surface area contributed by atoms with Gasteiger partial charge in [-0.2, -0.15) is 0 Å². The third-order valence-corrected chi connectivity index (χ3v) is 6.90. The van der Waals surface area contributed by atoms with Gasteiger partial charge in [0.05, 0.1) is 12.0 Å². The fourth-order valence-electron chi connectivity index (χ4n) is 5.22. The lowest BCUT2D eigenvalue weighted by Gasteiger charge is -2.38. The largest absolute Gasteiger partial charge is 0.369 e. The van der Waals surface area contributed by atoms with E-state index in [2.05, 4.69) is 101 Å². The molecule has 0 saturated carbocycles. The molecule has 0 radical (unpaired) electrons. The summed E-state index contributed by atoms with van der Waals surface area (Å²) < 4.78 is 0. The first-order valence-corrected chi connectivity index (χ1v) is 11.5. The predicted octanol–water partition coefficient (Wildman–Crippen LogP) is 5.16. The highest BCUT2D eigenvalue weighted by atomic mass is 15.3. The molecule has 1 saturated heterocycles. The van der Waals surface area contributed by atoms with Gasteiger partial charge in [0.2, 0.25) is 0 Å². The van der Waals surface area contributed by atoms with Crippen LogP contribution in [-0.4, -0.2) is 43.8 Å². The van der Waals surface area contributed by atoms with Gasteiger partial charge < -0.3 is 4.90 Å². The minimum atomic E-state index is -0.109.